The molecule has 30 heavy (non-hydrogen) atoms. The molecule has 166 valence electrons. The van der Waals surface area contributed by atoms with Gasteiger partial charge < -0.3 is 10.6 Å². The Morgan fingerprint density at radius 1 is 1.27 bits per heavy atom. The first-order chi connectivity index (χ1) is 13.9. The van der Waals surface area contributed by atoms with E-state index in [1.807, 2.05) is 42.1 Å². The average Bonchev–Trinajstić information content (AvgIpc) is 3.31. The fraction of sp³-hybridized carbons (Fsp3) is 0.500. The third kappa shape index (κ3) is 8.13. The molecule has 0 saturated carbocycles. The summed E-state index contributed by atoms with van der Waals surface area (Å²) in [5.41, 5.74) is 2.20. The van der Waals surface area contributed by atoms with Crippen molar-refractivity contribution in [3.8, 4) is 0 Å². The predicted octanol–water partition coefficient (Wildman–Crippen LogP) is 3.24. The Hall–Kier alpha value is -1.82. The van der Waals surface area contributed by atoms with Gasteiger partial charge in [-0.2, -0.15) is 18.3 Å². The highest BCUT2D eigenvalue weighted by atomic mass is 127. The minimum atomic E-state index is -4.16. The van der Waals surface area contributed by atoms with Gasteiger partial charge in [-0.3, -0.25) is 9.58 Å². The van der Waals surface area contributed by atoms with Crippen molar-refractivity contribution in [1.29, 1.82) is 0 Å². The Morgan fingerprint density at radius 3 is 2.77 bits per heavy atom. The van der Waals surface area contributed by atoms with Crippen molar-refractivity contribution >= 4 is 29.9 Å². The van der Waals surface area contributed by atoms with Gasteiger partial charge in [-0.05, 0) is 30.5 Å². The molecule has 1 aliphatic heterocycles. The minimum Gasteiger partial charge on any atom is -0.357 e. The third-order valence-electron chi connectivity index (χ3n) is 4.68. The summed E-state index contributed by atoms with van der Waals surface area (Å²) in [7, 11) is 0. The number of likely N-dealkylation sites (tertiary alicyclic amines) is 1. The molecule has 1 aromatic carbocycles. The number of hydrogen-bond acceptors (Lipinski definition) is 3. The molecule has 1 unspecified atom stereocenters. The van der Waals surface area contributed by atoms with Crippen LogP contribution in [0, 0.1) is 0 Å². The molecular formula is C20H28F3IN6. The van der Waals surface area contributed by atoms with Crippen LogP contribution in [0.3, 0.4) is 0 Å². The van der Waals surface area contributed by atoms with E-state index in [9.17, 15) is 13.2 Å². The van der Waals surface area contributed by atoms with Crippen LogP contribution >= 0.6 is 24.0 Å². The topological polar surface area (TPSA) is 57.5 Å². The van der Waals surface area contributed by atoms with Crippen molar-refractivity contribution in [2.45, 2.75) is 38.7 Å². The summed E-state index contributed by atoms with van der Waals surface area (Å²) in [6.07, 6.45) is 0.178. The highest BCUT2D eigenvalue weighted by Crippen LogP contribution is 2.20. The fourth-order valence-electron chi connectivity index (χ4n) is 3.44. The van der Waals surface area contributed by atoms with Crippen LogP contribution in [0.25, 0.3) is 0 Å². The molecule has 0 amide bonds. The van der Waals surface area contributed by atoms with Crippen LogP contribution in [0.5, 0.6) is 0 Å². The lowest BCUT2D eigenvalue weighted by atomic mass is 10.1. The molecule has 1 aliphatic rings. The van der Waals surface area contributed by atoms with Gasteiger partial charge >= 0.3 is 6.18 Å². The van der Waals surface area contributed by atoms with E-state index in [2.05, 4.69) is 26.8 Å². The zero-order valence-electron chi connectivity index (χ0n) is 16.9. The number of rotatable bonds is 7. The van der Waals surface area contributed by atoms with Crippen LogP contribution in [-0.4, -0.2) is 59.0 Å². The summed E-state index contributed by atoms with van der Waals surface area (Å²) < 4.78 is 39.6. The molecule has 0 spiro atoms. The number of aliphatic imine (C=N–C) groups is 1. The Kier molecular flexibility index (Phi) is 9.40. The first-order valence-electron chi connectivity index (χ1n) is 9.80. The smallest absolute Gasteiger partial charge is 0.357 e. The van der Waals surface area contributed by atoms with Crippen LogP contribution in [0.2, 0.25) is 0 Å². The van der Waals surface area contributed by atoms with Crippen LogP contribution in [-0.2, 0) is 13.1 Å². The molecule has 2 N–H and O–H groups in total. The zero-order valence-corrected chi connectivity index (χ0v) is 19.2. The van der Waals surface area contributed by atoms with E-state index < -0.39 is 12.7 Å². The summed E-state index contributed by atoms with van der Waals surface area (Å²) in [6.45, 7) is 3.77. The first kappa shape index (κ1) is 24.4. The summed E-state index contributed by atoms with van der Waals surface area (Å²) in [5, 5.41) is 10.7. The molecule has 0 aliphatic carbocycles. The second-order valence-corrected chi connectivity index (χ2v) is 7.20. The largest absolute Gasteiger partial charge is 0.401 e. The molecule has 1 fully saturated rings. The molecule has 1 saturated heterocycles. The van der Waals surface area contributed by atoms with Crippen LogP contribution < -0.4 is 10.6 Å². The third-order valence-corrected chi connectivity index (χ3v) is 4.68. The number of nitrogens with one attached hydrogen (secondary N) is 2. The van der Waals surface area contributed by atoms with Gasteiger partial charge in [-0.1, -0.05) is 24.3 Å². The van der Waals surface area contributed by atoms with Gasteiger partial charge in [-0.25, -0.2) is 4.99 Å². The van der Waals surface area contributed by atoms with Crippen molar-refractivity contribution < 1.29 is 13.2 Å². The van der Waals surface area contributed by atoms with Crippen LogP contribution in [0.4, 0.5) is 13.2 Å². The first-order valence-corrected chi connectivity index (χ1v) is 9.80. The number of aromatic nitrogens is 2. The summed E-state index contributed by atoms with van der Waals surface area (Å²) >= 11 is 0. The standard InChI is InChI=1S/C20H27F3N6.HI/c1-2-24-19(27-18-7-10-28(14-18)15-20(21,22)23)25-12-16-5-3-6-17(11-16)13-29-9-4-8-26-29;/h3-6,8-9,11,18H,2,7,10,12-15H2,1H3,(H2,24,25,27);1H. The quantitative estimate of drug-likeness (QED) is 0.324. The molecule has 2 heterocycles. The highest BCUT2D eigenvalue weighted by Gasteiger charge is 2.34. The Bertz CT molecular complexity index is 794. The van der Waals surface area contributed by atoms with Crippen molar-refractivity contribution in [3.05, 3.63) is 53.9 Å². The lowest BCUT2D eigenvalue weighted by molar-refractivity contribution is -0.143. The maximum Gasteiger partial charge on any atom is 0.401 e. The normalized spacial score (nSPS) is 17.6. The number of hydrogen-bond donors (Lipinski definition) is 2. The van der Waals surface area contributed by atoms with Crippen molar-refractivity contribution in [2.75, 3.05) is 26.2 Å². The summed E-state index contributed by atoms with van der Waals surface area (Å²) in [4.78, 5) is 6.05. The summed E-state index contributed by atoms with van der Waals surface area (Å²) in [5.74, 6) is 0.629. The molecule has 0 radical (unpaired) electrons. The van der Waals surface area contributed by atoms with Gasteiger partial charge in [0.05, 0.1) is 19.6 Å². The Balaban J connectivity index is 0.00000320. The number of nitrogens with zero attached hydrogens (tertiary/aromatic N) is 4. The number of alkyl halides is 3. The average molecular weight is 536 g/mol. The SMILES string of the molecule is CCNC(=NCc1cccc(Cn2cccn2)c1)NC1CCN(CC(F)(F)F)C1.I. The number of guanidine groups is 1. The summed E-state index contributed by atoms with van der Waals surface area (Å²) in [6, 6.07) is 10.0. The zero-order chi connectivity index (χ0) is 20.7. The van der Waals surface area contributed by atoms with E-state index in [0.29, 0.717) is 45.1 Å². The van der Waals surface area contributed by atoms with E-state index in [1.165, 1.54) is 4.90 Å². The molecule has 6 nitrogen and oxygen atoms in total. The maximum absolute atomic E-state index is 12.6. The number of halogens is 4. The Labute approximate surface area is 191 Å². The van der Waals surface area contributed by atoms with E-state index in [-0.39, 0.29) is 30.0 Å². The van der Waals surface area contributed by atoms with Crippen molar-refractivity contribution in [2.24, 2.45) is 4.99 Å². The second kappa shape index (κ2) is 11.5. The Morgan fingerprint density at radius 2 is 2.07 bits per heavy atom. The van der Waals surface area contributed by atoms with Crippen molar-refractivity contribution in [1.82, 2.24) is 25.3 Å². The van der Waals surface area contributed by atoms with Gasteiger partial charge in [-0.15, -0.1) is 24.0 Å². The van der Waals surface area contributed by atoms with Gasteiger partial charge in [0.1, 0.15) is 0 Å². The van der Waals surface area contributed by atoms with Crippen LogP contribution in [0.1, 0.15) is 24.5 Å². The van der Waals surface area contributed by atoms with E-state index in [4.69, 9.17) is 0 Å². The fourth-order valence-corrected chi connectivity index (χ4v) is 3.44. The van der Waals surface area contributed by atoms with E-state index in [1.54, 1.807) is 6.20 Å². The maximum atomic E-state index is 12.6. The van der Waals surface area contributed by atoms with Crippen LogP contribution in [0.15, 0.2) is 47.7 Å². The van der Waals surface area contributed by atoms with Gasteiger partial charge in [0.25, 0.3) is 0 Å². The number of benzene rings is 1. The molecule has 10 heteroatoms. The predicted molar refractivity (Wildman–Crippen MR) is 122 cm³/mol. The molecular weight excluding hydrogens is 508 g/mol. The highest BCUT2D eigenvalue weighted by molar-refractivity contribution is 14.0. The minimum absolute atomic E-state index is 0. The monoisotopic (exact) mass is 536 g/mol. The van der Waals surface area contributed by atoms with Gasteiger partial charge in [0.2, 0.25) is 0 Å². The lowest BCUT2D eigenvalue weighted by Gasteiger charge is -2.19. The molecule has 2 aromatic rings. The van der Waals surface area contributed by atoms with Gasteiger partial charge in [0, 0.05) is 38.1 Å². The molecule has 1 aromatic heterocycles. The molecule has 0 bridgehead atoms. The molecule has 1 atom stereocenters. The van der Waals surface area contributed by atoms with Gasteiger partial charge in [0.15, 0.2) is 5.96 Å². The molecule has 3 rings (SSSR count). The van der Waals surface area contributed by atoms with Crippen molar-refractivity contribution in [3.63, 3.8) is 0 Å². The second-order valence-electron chi connectivity index (χ2n) is 7.20. The van der Waals surface area contributed by atoms with E-state index in [0.717, 1.165) is 11.1 Å². The lowest BCUT2D eigenvalue weighted by Crippen LogP contribution is -2.45. The van der Waals surface area contributed by atoms with E-state index >= 15 is 0 Å².